The summed E-state index contributed by atoms with van der Waals surface area (Å²) in [6.45, 7) is 12.1. The predicted octanol–water partition coefficient (Wildman–Crippen LogP) is 2.96. The Bertz CT molecular complexity index is 369. The fourth-order valence-electron chi connectivity index (χ4n) is 1.52. The Morgan fingerprint density at radius 3 is 2.20 bits per heavy atom. The van der Waals surface area contributed by atoms with Crippen LogP contribution in [-0.2, 0) is 5.41 Å². The van der Waals surface area contributed by atoms with Crippen LogP contribution in [0, 0.1) is 0 Å². The van der Waals surface area contributed by atoms with Crippen molar-refractivity contribution in [2.75, 3.05) is 0 Å². The van der Waals surface area contributed by atoms with Crippen molar-refractivity contribution in [1.29, 1.82) is 0 Å². The highest BCUT2D eigenvalue weighted by molar-refractivity contribution is 5.92. The van der Waals surface area contributed by atoms with Crippen molar-refractivity contribution in [2.24, 2.45) is 0 Å². The first kappa shape index (κ1) is 12.0. The van der Waals surface area contributed by atoms with E-state index in [1.54, 1.807) is 6.92 Å². The average molecular weight is 208 g/mol. The Hall–Kier alpha value is -1.12. The predicted molar refractivity (Wildman–Crippen MR) is 61.3 cm³/mol. The van der Waals surface area contributed by atoms with E-state index in [0.29, 0.717) is 5.69 Å². The molecule has 1 aromatic heterocycles. The molecule has 0 radical (unpaired) electrons. The molecule has 0 N–H and O–H groups in total. The lowest BCUT2D eigenvalue weighted by molar-refractivity contribution is 0.101. The van der Waals surface area contributed by atoms with Crippen LogP contribution in [0.5, 0.6) is 0 Å². The van der Waals surface area contributed by atoms with Crippen LogP contribution < -0.4 is 0 Å². The minimum Gasteiger partial charge on any atom is -0.293 e. The number of nitrogens with zero attached hydrogens (tertiary/aromatic N) is 2. The molecule has 15 heavy (non-hydrogen) atoms. The summed E-state index contributed by atoms with van der Waals surface area (Å²) < 4.78 is 1.94. The molecule has 0 saturated carbocycles. The average Bonchev–Trinajstić information content (AvgIpc) is 2.45. The fraction of sp³-hybridized carbons (Fsp3) is 0.667. The number of Topliss-reactive ketones (excluding diaryl/α,β-unsaturated/α-hetero) is 1. The van der Waals surface area contributed by atoms with Gasteiger partial charge in [-0.05, 0) is 19.9 Å². The van der Waals surface area contributed by atoms with Crippen molar-refractivity contribution in [3.05, 3.63) is 17.5 Å². The lowest BCUT2D eigenvalue weighted by Crippen LogP contribution is -2.19. The van der Waals surface area contributed by atoms with Crippen molar-refractivity contribution in [3.63, 3.8) is 0 Å². The van der Waals surface area contributed by atoms with Crippen LogP contribution in [0.3, 0.4) is 0 Å². The Morgan fingerprint density at radius 1 is 1.40 bits per heavy atom. The fourth-order valence-corrected chi connectivity index (χ4v) is 1.52. The summed E-state index contributed by atoms with van der Waals surface area (Å²) in [6.07, 6.45) is 0. The van der Waals surface area contributed by atoms with Crippen molar-refractivity contribution < 1.29 is 4.79 Å². The van der Waals surface area contributed by atoms with Crippen LogP contribution in [0.1, 0.15) is 63.8 Å². The van der Waals surface area contributed by atoms with Gasteiger partial charge in [-0.2, -0.15) is 5.10 Å². The molecule has 0 fully saturated rings. The zero-order valence-corrected chi connectivity index (χ0v) is 10.5. The standard InChI is InChI=1S/C12H20N2O/c1-8(2)14-11(12(4,5)6)7-10(13-14)9(3)15/h7-8H,1-6H3. The molecule has 84 valence electrons. The van der Waals surface area contributed by atoms with Gasteiger partial charge in [-0.25, -0.2) is 0 Å². The zero-order valence-electron chi connectivity index (χ0n) is 10.5. The van der Waals surface area contributed by atoms with Gasteiger partial charge in [0.15, 0.2) is 5.78 Å². The smallest absolute Gasteiger partial charge is 0.179 e. The van der Waals surface area contributed by atoms with Crippen molar-refractivity contribution in [1.82, 2.24) is 9.78 Å². The normalized spacial score (nSPS) is 12.2. The quantitative estimate of drug-likeness (QED) is 0.700. The van der Waals surface area contributed by atoms with Gasteiger partial charge in [0.2, 0.25) is 0 Å². The summed E-state index contributed by atoms with van der Waals surface area (Å²) in [5.41, 5.74) is 1.70. The number of hydrogen-bond acceptors (Lipinski definition) is 2. The van der Waals surface area contributed by atoms with E-state index >= 15 is 0 Å². The molecule has 0 saturated heterocycles. The summed E-state index contributed by atoms with van der Waals surface area (Å²) in [5, 5.41) is 4.34. The Balaban J connectivity index is 3.30. The molecule has 0 unspecified atom stereocenters. The number of carbonyl (C=O) groups is 1. The van der Waals surface area contributed by atoms with Crippen LogP contribution in [0.4, 0.5) is 0 Å². The van der Waals surface area contributed by atoms with E-state index in [1.807, 2.05) is 10.7 Å². The van der Waals surface area contributed by atoms with E-state index < -0.39 is 0 Å². The van der Waals surface area contributed by atoms with Gasteiger partial charge in [0.1, 0.15) is 5.69 Å². The molecule has 3 heteroatoms. The lowest BCUT2D eigenvalue weighted by atomic mass is 9.91. The van der Waals surface area contributed by atoms with Gasteiger partial charge in [0.05, 0.1) is 0 Å². The van der Waals surface area contributed by atoms with Crippen LogP contribution in [0.2, 0.25) is 0 Å². The second-order valence-electron chi connectivity index (χ2n) is 5.26. The molecule has 0 aliphatic rings. The number of rotatable bonds is 2. The van der Waals surface area contributed by atoms with Crippen LogP contribution in [0.25, 0.3) is 0 Å². The number of hydrogen-bond donors (Lipinski definition) is 0. The molecule has 0 spiro atoms. The van der Waals surface area contributed by atoms with E-state index in [2.05, 4.69) is 39.7 Å². The third kappa shape index (κ3) is 2.46. The van der Waals surface area contributed by atoms with E-state index in [-0.39, 0.29) is 17.2 Å². The minimum absolute atomic E-state index is 0.0188. The number of carbonyl (C=O) groups excluding carboxylic acids is 1. The summed E-state index contributed by atoms with van der Waals surface area (Å²) in [4.78, 5) is 11.3. The summed E-state index contributed by atoms with van der Waals surface area (Å²) in [5.74, 6) is 0.0277. The monoisotopic (exact) mass is 208 g/mol. The molecule has 0 aliphatic carbocycles. The molecule has 1 heterocycles. The highest BCUT2D eigenvalue weighted by atomic mass is 16.1. The number of aromatic nitrogens is 2. The molecule has 0 aromatic carbocycles. The number of ketones is 1. The first-order valence-corrected chi connectivity index (χ1v) is 5.34. The highest BCUT2D eigenvalue weighted by Crippen LogP contribution is 2.25. The molecule has 1 aromatic rings. The maximum atomic E-state index is 11.3. The summed E-state index contributed by atoms with van der Waals surface area (Å²) >= 11 is 0. The molecule has 0 aliphatic heterocycles. The molecular formula is C12H20N2O. The SMILES string of the molecule is CC(=O)c1cc(C(C)(C)C)n(C(C)C)n1. The highest BCUT2D eigenvalue weighted by Gasteiger charge is 2.23. The van der Waals surface area contributed by atoms with Crippen LogP contribution >= 0.6 is 0 Å². The second-order valence-corrected chi connectivity index (χ2v) is 5.26. The van der Waals surface area contributed by atoms with Gasteiger partial charge >= 0.3 is 0 Å². The van der Waals surface area contributed by atoms with Crippen molar-refractivity contribution in [3.8, 4) is 0 Å². The van der Waals surface area contributed by atoms with Crippen LogP contribution in [-0.4, -0.2) is 15.6 Å². The zero-order chi connectivity index (χ0) is 11.8. The first-order valence-electron chi connectivity index (χ1n) is 5.34. The molecule has 3 nitrogen and oxygen atoms in total. The van der Waals surface area contributed by atoms with E-state index in [4.69, 9.17) is 0 Å². The van der Waals surface area contributed by atoms with Gasteiger partial charge in [-0.1, -0.05) is 20.8 Å². The third-order valence-electron chi connectivity index (χ3n) is 2.35. The van der Waals surface area contributed by atoms with Gasteiger partial charge in [-0.3, -0.25) is 9.48 Å². The second kappa shape index (κ2) is 3.80. The van der Waals surface area contributed by atoms with Crippen LogP contribution in [0.15, 0.2) is 6.07 Å². The molecule has 1 rings (SSSR count). The summed E-state index contributed by atoms with van der Waals surface area (Å²) in [6, 6.07) is 2.19. The molecular weight excluding hydrogens is 188 g/mol. The molecule has 0 amide bonds. The largest absolute Gasteiger partial charge is 0.293 e. The van der Waals surface area contributed by atoms with E-state index in [1.165, 1.54) is 0 Å². The summed E-state index contributed by atoms with van der Waals surface area (Å²) in [7, 11) is 0. The van der Waals surface area contributed by atoms with Gasteiger partial charge in [0, 0.05) is 24.1 Å². The maximum absolute atomic E-state index is 11.3. The van der Waals surface area contributed by atoms with Gasteiger partial charge in [-0.15, -0.1) is 0 Å². The van der Waals surface area contributed by atoms with Gasteiger partial charge < -0.3 is 0 Å². The maximum Gasteiger partial charge on any atom is 0.179 e. The van der Waals surface area contributed by atoms with E-state index in [0.717, 1.165) is 5.69 Å². The molecule has 0 bridgehead atoms. The van der Waals surface area contributed by atoms with Gasteiger partial charge in [0.25, 0.3) is 0 Å². The Labute approximate surface area is 91.5 Å². The Morgan fingerprint density at radius 2 is 1.93 bits per heavy atom. The topological polar surface area (TPSA) is 34.9 Å². The van der Waals surface area contributed by atoms with Crippen molar-refractivity contribution >= 4 is 5.78 Å². The minimum atomic E-state index is 0.0188. The first-order chi connectivity index (χ1) is 6.73. The van der Waals surface area contributed by atoms with E-state index in [9.17, 15) is 4.79 Å². The van der Waals surface area contributed by atoms with Crippen molar-refractivity contribution in [2.45, 2.75) is 53.0 Å². The molecule has 0 atom stereocenters. The Kier molecular flexibility index (Phi) is 3.03. The lowest BCUT2D eigenvalue weighted by Gasteiger charge is -2.21. The third-order valence-corrected chi connectivity index (χ3v) is 2.35.